The Balaban J connectivity index is 1.94. The van der Waals surface area contributed by atoms with Gasteiger partial charge in [0.2, 0.25) is 11.8 Å². The molecule has 1 aromatic heterocycles. The molecule has 1 aliphatic rings. The summed E-state index contributed by atoms with van der Waals surface area (Å²) in [5.74, 6) is 1.25. The van der Waals surface area contributed by atoms with Crippen molar-refractivity contribution in [3.8, 4) is 0 Å². The molecule has 5 nitrogen and oxygen atoms in total. The summed E-state index contributed by atoms with van der Waals surface area (Å²) in [7, 11) is 0. The average Bonchev–Trinajstić information content (AvgIpc) is 2.83. The molecule has 2 atom stereocenters. The summed E-state index contributed by atoms with van der Waals surface area (Å²) in [4.78, 5) is 0. The highest BCUT2D eigenvalue weighted by atomic mass is 16.5. The molecule has 0 radical (unpaired) electrons. The first-order valence-corrected chi connectivity index (χ1v) is 5.48. The molecule has 2 unspecified atom stereocenters. The molecule has 0 aromatic carbocycles. The zero-order valence-electron chi connectivity index (χ0n) is 9.19. The van der Waals surface area contributed by atoms with E-state index in [1.807, 2.05) is 6.92 Å². The molecule has 15 heavy (non-hydrogen) atoms. The quantitative estimate of drug-likeness (QED) is 0.816. The minimum atomic E-state index is 0.00266. The Hall–Kier alpha value is -0.940. The van der Waals surface area contributed by atoms with Crippen LogP contribution in [-0.2, 0) is 11.3 Å². The smallest absolute Gasteiger partial charge is 0.245 e. The summed E-state index contributed by atoms with van der Waals surface area (Å²) >= 11 is 0. The topological polar surface area (TPSA) is 60.2 Å². The molecule has 2 heterocycles. The molecule has 1 aromatic rings. The Morgan fingerprint density at radius 2 is 2.27 bits per heavy atom. The number of aromatic nitrogens is 2. The van der Waals surface area contributed by atoms with Crippen LogP contribution in [0.2, 0.25) is 0 Å². The van der Waals surface area contributed by atoms with Gasteiger partial charge in [0.05, 0.1) is 12.6 Å². The van der Waals surface area contributed by atoms with Crippen molar-refractivity contribution >= 4 is 0 Å². The van der Waals surface area contributed by atoms with E-state index < -0.39 is 0 Å². The second-order valence-electron chi connectivity index (χ2n) is 3.83. The predicted molar refractivity (Wildman–Crippen MR) is 54.2 cm³/mol. The molecule has 0 amide bonds. The Kier molecular flexibility index (Phi) is 3.33. The molecule has 0 spiro atoms. The third-order valence-corrected chi connectivity index (χ3v) is 2.52. The molecule has 2 rings (SSSR count). The molecule has 1 aliphatic heterocycles. The SMILES string of the molecule is CCNCc1nnc(C2CCC(C)O2)o1. The summed E-state index contributed by atoms with van der Waals surface area (Å²) < 4.78 is 11.2. The van der Waals surface area contributed by atoms with Crippen molar-refractivity contribution in [1.29, 1.82) is 0 Å². The summed E-state index contributed by atoms with van der Waals surface area (Å²) in [5.41, 5.74) is 0. The lowest BCUT2D eigenvalue weighted by atomic mass is 10.2. The van der Waals surface area contributed by atoms with Crippen LogP contribution in [0.1, 0.15) is 44.6 Å². The lowest BCUT2D eigenvalue weighted by Crippen LogP contribution is -2.11. The standard InChI is InChI=1S/C10H17N3O2/c1-3-11-6-9-12-13-10(15-9)8-5-4-7(2)14-8/h7-8,11H,3-6H2,1-2H3. The highest BCUT2D eigenvalue weighted by molar-refractivity contribution is 4.90. The fourth-order valence-electron chi connectivity index (χ4n) is 1.68. The highest BCUT2D eigenvalue weighted by Crippen LogP contribution is 2.31. The molecule has 1 fully saturated rings. The van der Waals surface area contributed by atoms with Crippen LogP contribution in [0, 0.1) is 0 Å². The van der Waals surface area contributed by atoms with Gasteiger partial charge in [-0.15, -0.1) is 10.2 Å². The Morgan fingerprint density at radius 1 is 1.40 bits per heavy atom. The number of hydrogen-bond acceptors (Lipinski definition) is 5. The molecule has 0 saturated carbocycles. The Morgan fingerprint density at radius 3 is 2.93 bits per heavy atom. The van der Waals surface area contributed by atoms with E-state index in [1.165, 1.54) is 0 Å². The van der Waals surface area contributed by atoms with Crippen molar-refractivity contribution in [1.82, 2.24) is 15.5 Å². The number of ether oxygens (including phenoxy) is 1. The summed E-state index contributed by atoms with van der Waals surface area (Å²) in [6.07, 6.45) is 2.35. The molecule has 1 saturated heterocycles. The van der Waals surface area contributed by atoms with Gasteiger partial charge in [0.1, 0.15) is 6.10 Å². The minimum Gasteiger partial charge on any atom is -0.421 e. The van der Waals surface area contributed by atoms with Crippen molar-refractivity contribution in [2.24, 2.45) is 0 Å². The summed E-state index contributed by atoms with van der Waals surface area (Å²) in [6.45, 7) is 5.63. The van der Waals surface area contributed by atoms with Crippen LogP contribution >= 0.6 is 0 Å². The first-order chi connectivity index (χ1) is 7.29. The number of nitrogens with zero attached hydrogens (tertiary/aromatic N) is 2. The van der Waals surface area contributed by atoms with Gasteiger partial charge in [0, 0.05) is 0 Å². The van der Waals surface area contributed by atoms with Crippen molar-refractivity contribution in [2.45, 2.75) is 45.4 Å². The highest BCUT2D eigenvalue weighted by Gasteiger charge is 2.27. The van der Waals surface area contributed by atoms with Gasteiger partial charge in [-0.25, -0.2) is 0 Å². The molecular weight excluding hydrogens is 194 g/mol. The van der Waals surface area contributed by atoms with Crippen LogP contribution in [0.4, 0.5) is 0 Å². The Labute approximate surface area is 89.2 Å². The lowest BCUT2D eigenvalue weighted by Gasteiger charge is -2.05. The molecule has 1 N–H and O–H groups in total. The lowest BCUT2D eigenvalue weighted by molar-refractivity contribution is 0.0383. The van der Waals surface area contributed by atoms with Crippen molar-refractivity contribution in [2.75, 3.05) is 6.54 Å². The molecule has 0 aliphatic carbocycles. The van der Waals surface area contributed by atoms with E-state index in [0.717, 1.165) is 19.4 Å². The average molecular weight is 211 g/mol. The van der Waals surface area contributed by atoms with Crippen molar-refractivity contribution in [3.63, 3.8) is 0 Å². The van der Waals surface area contributed by atoms with E-state index in [1.54, 1.807) is 0 Å². The van der Waals surface area contributed by atoms with Crippen LogP contribution < -0.4 is 5.32 Å². The van der Waals surface area contributed by atoms with E-state index in [-0.39, 0.29) is 6.10 Å². The first kappa shape index (κ1) is 10.6. The monoisotopic (exact) mass is 211 g/mol. The molecule has 0 bridgehead atoms. The van der Waals surface area contributed by atoms with E-state index >= 15 is 0 Å². The van der Waals surface area contributed by atoms with Crippen LogP contribution in [-0.4, -0.2) is 22.8 Å². The van der Waals surface area contributed by atoms with Gasteiger partial charge >= 0.3 is 0 Å². The maximum Gasteiger partial charge on any atom is 0.245 e. The van der Waals surface area contributed by atoms with Gasteiger partial charge in [-0.2, -0.15) is 0 Å². The number of rotatable bonds is 4. The Bertz CT molecular complexity index is 313. The van der Waals surface area contributed by atoms with Gasteiger partial charge in [-0.1, -0.05) is 6.92 Å². The normalized spacial score (nSPS) is 26.0. The third-order valence-electron chi connectivity index (χ3n) is 2.52. The fourth-order valence-corrected chi connectivity index (χ4v) is 1.68. The number of hydrogen-bond donors (Lipinski definition) is 1. The van der Waals surface area contributed by atoms with Crippen molar-refractivity contribution < 1.29 is 9.15 Å². The van der Waals surface area contributed by atoms with E-state index in [4.69, 9.17) is 9.15 Å². The zero-order chi connectivity index (χ0) is 10.7. The maximum atomic E-state index is 5.65. The summed E-state index contributed by atoms with van der Waals surface area (Å²) in [5, 5.41) is 11.1. The van der Waals surface area contributed by atoms with Gasteiger partial charge in [-0.05, 0) is 26.3 Å². The summed E-state index contributed by atoms with van der Waals surface area (Å²) in [6, 6.07) is 0. The van der Waals surface area contributed by atoms with Crippen molar-refractivity contribution in [3.05, 3.63) is 11.8 Å². The zero-order valence-corrected chi connectivity index (χ0v) is 9.19. The van der Waals surface area contributed by atoms with Gasteiger partial charge in [-0.3, -0.25) is 0 Å². The second kappa shape index (κ2) is 4.72. The van der Waals surface area contributed by atoms with Crippen LogP contribution in [0.5, 0.6) is 0 Å². The second-order valence-corrected chi connectivity index (χ2v) is 3.83. The largest absolute Gasteiger partial charge is 0.421 e. The van der Waals surface area contributed by atoms with Gasteiger partial charge in [0.25, 0.3) is 0 Å². The van der Waals surface area contributed by atoms with Gasteiger partial charge < -0.3 is 14.5 Å². The van der Waals surface area contributed by atoms with E-state index in [2.05, 4.69) is 22.4 Å². The first-order valence-electron chi connectivity index (χ1n) is 5.48. The fraction of sp³-hybridized carbons (Fsp3) is 0.800. The molecule has 84 valence electrons. The maximum absolute atomic E-state index is 5.65. The van der Waals surface area contributed by atoms with Crippen LogP contribution in [0.15, 0.2) is 4.42 Å². The number of nitrogens with one attached hydrogen (secondary N) is 1. The minimum absolute atomic E-state index is 0.00266. The predicted octanol–water partition coefficient (Wildman–Crippen LogP) is 1.42. The third kappa shape index (κ3) is 2.54. The molecular formula is C10H17N3O2. The van der Waals surface area contributed by atoms with E-state index in [9.17, 15) is 0 Å². The van der Waals surface area contributed by atoms with Crippen LogP contribution in [0.25, 0.3) is 0 Å². The van der Waals surface area contributed by atoms with Crippen LogP contribution in [0.3, 0.4) is 0 Å². The van der Waals surface area contributed by atoms with Gasteiger partial charge in [0.15, 0.2) is 0 Å². The molecule has 5 heteroatoms. The van der Waals surface area contributed by atoms with E-state index in [0.29, 0.717) is 24.4 Å².